The standard InChI is InChI=1S/C17H16Cl4N2O2/c18-14-9-5-4-8-13(14)11-25-16(24)23-15(17(19,20)21)22-10-12-6-2-1-3-7-12/h1-9,15,22H,10-11H2,(H,23,24)/p+1/t15-/m1/s1. The summed E-state index contributed by atoms with van der Waals surface area (Å²) in [6.45, 7) is 0.557. The highest BCUT2D eigenvalue weighted by molar-refractivity contribution is 6.68. The summed E-state index contributed by atoms with van der Waals surface area (Å²) in [6, 6.07) is 16.7. The first-order chi connectivity index (χ1) is 11.9. The number of alkyl halides is 3. The van der Waals surface area contributed by atoms with Crippen LogP contribution >= 0.6 is 46.4 Å². The zero-order valence-electron chi connectivity index (χ0n) is 13.1. The van der Waals surface area contributed by atoms with Gasteiger partial charge < -0.3 is 10.1 Å². The van der Waals surface area contributed by atoms with E-state index >= 15 is 0 Å². The molecule has 0 aliphatic rings. The van der Waals surface area contributed by atoms with Crippen LogP contribution in [0.15, 0.2) is 54.6 Å². The number of carbonyl (C=O) groups is 1. The summed E-state index contributed by atoms with van der Waals surface area (Å²) in [7, 11) is 0. The van der Waals surface area contributed by atoms with Crippen molar-refractivity contribution < 1.29 is 14.8 Å². The summed E-state index contributed by atoms with van der Waals surface area (Å²) in [4.78, 5) is 12.0. The molecule has 134 valence electrons. The summed E-state index contributed by atoms with van der Waals surface area (Å²) >= 11 is 23.9. The molecule has 0 radical (unpaired) electrons. The predicted octanol–water partition coefficient (Wildman–Crippen LogP) is 4.03. The number of nitrogens with two attached hydrogens (primary N) is 1. The Hall–Kier alpha value is -1.17. The maximum atomic E-state index is 12.0. The van der Waals surface area contributed by atoms with Crippen molar-refractivity contribution in [1.29, 1.82) is 0 Å². The van der Waals surface area contributed by atoms with Crippen molar-refractivity contribution in [2.75, 3.05) is 0 Å². The summed E-state index contributed by atoms with van der Waals surface area (Å²) in [5.74, 6) is 0. The normalized spacial score (nSPS) is 12.5. The van der Waals surface area contributed by atoms with Gasteiger partial charge in [-0.05, 0) is 6.07 Å². The van der Waals surface area contributed by atoms with E-state index in [0.717, 1.165) is 5.56 Å². The molecule has 0 saturated carbocycles. The van der Waals surface area contributed by atoms with Gasteiger partial charge in [0.1, 0.15) is 13.2 Å². The predicted molar refractivity (Wildman–Crippen MR) is 101 cm³/mol. The molecule has 2 rings (SSSR count). The molecule has 0 aliphatic heterocycles. The molecule has 1 atom stereocenters. The number of nitrogens with one attached hydrogen (secondary N) is 1. The number of quaternary nitrogens is 1. The molecule has 2 aromatic rings. The van der Waals surface area contributed by atoms with Gasteiger partial charge in [0, 0.05) is 16.1 Å². The largest absolute Gasteiger partial charge is 0.445 e. The van der Waals surface area contributed by atoms with Gasteiger partial charge in [-0.3, -0.25) is 5.32 Å². The van der Waals surface area contributed by atoms with Crippen LogP contribution in [0.1, 0.15) is 11.1 Å². The number of benzene rings is 2. The lowest BCUT2D eigenvalue weighted by Gasteiger charge is -2.23. The van der Waals surface area contributed by atoms with Crippen LogP contribution in [0.5, 0.6) is 0 Å². The summed E-state index contributed by atoms with van der Waals surface area (Å²) in [5.41, 5.74) is 1.73. The van der Waals surface area contributed by atoms with E-state index in [0.29, 0.717) is 17.1 Å². The molecule has 4 nitrogen and oxygen atoms in total. The van der Waals surface area contributed by atoms with Crippen LogP contribution in [-0.4, -0.2) is 16.1 Å². The van der Waals surface area contributed by atoms with Crippen LogP contribution in [0.4, 0.5) is 4.79 Å². The maximum absolute atomic E-state index is 12.0. The first kappa shape index (κ1) is 20.1. The molecule has 8 heteroatoms. The van der Waals surface area contributed by atoms with E-state index in [1.165, 1.54) is 0 Å². The highest BCUT2D eigenvalue weighted by atomic mass is 35.6. The molecule has 0 unspecified atom stereocenters. The van der Waals surface area contributed by atoms with Crippen molar-refractivity contribution >= 4 is 52.5 Å². The zero-order valence-corrected chi connectivity index (χ0v) is 16.1. The minimum Gasteiger partial charge on any atom is -0.445 e. The fourth-order valence-corrected chi connectivity index (χ4v) is 2.69. The minimum atomic E-state index is -1.70. The van der Waals surface area contributed by atoms with Crippen molar-refractivity contribution in [2.45, 2.75) is 23.1 Å². The van der Waals surface area contributed by atoms with E-state index in [2.05, 4.69) is 5.32 Å². The molecule has 0 heterocycles. The van der Waals surface area contributed by atoms with E-state index in [9.17, 15) is 4.79 Å². The summed E-state index contributed by atoms with van der Waals surface area (Å²) in [6.07, 6.45) is -1.50. The molecule has 0 fully saturated rings. The molecule has 0 spiro atoms. The highest BCUT2D eigenvalue weighted by Crippen LogP contribution is 2.27. The number of halogens is 4. The summed E-state index contributed by atoms with van der Waals surface area (Å²) < 4.78 is 3.46. The first-order valence-corrected chi connectivity index (χ1v) is 8.98. The van der Waals surface area contributed by atoms with E-state index in [1.54, 1.807) is 29.6 Å². The van der Waals surface area contributed by atoms with Crippen LogP contribution in [0.2, 0.25) is 5.02 Å². The monoisotopic (exact) mass is 421 g/mol. The third-order valence-electron chi connectivity index (χ3n) is 3.37. The van der Waals surface area contributed by atoms with Crippen molar-refractivity contribution in [3.8, 4) is 0 Å². The van der Waals surface area contributed by atoms with Gasteiger partial charge in [-0.2, -0.15) is 0 Å². The van der Waals surface area contributed by atoms with E-state index in [1.807, 2.05) is 30.3 Å². The van der Waals surface area contributed by atoms with Crippen molar-refractivity contribution in [3.05, 3.63) is 70.7 Å². The van der Waals surface area contributed by atoms with Crippen molar-refractivity contribution in [3.63, 3.8) is 0 Å². The fraction of sp³-hybridized carbons (Fsp3) is 0.235. The molecule has 25 heavy (non-hydrogen) atoms. The van der Waals surface area contributed by atoms with Gasteiger partial charge in [0.2, 0.25) is 6.17 Å². The van der Waals surface area contributed by atoms with E-state index < -0.39 is 16.1 Å². The molecular formula is C17H17Cl4N2O2+. The number of alkyl carbamates (subject to hydrolysis) is 1. The maximum Gasteiger partial charge on any atom is 0.412 e. The van der Waals surface area contributed by atoms with Gasteiger partial charge in [0.05, 0.1) is 0 Å². The Balaban J connectivity index is 1.90. The number of amides is 1. The van der Waals surface area contributed by atoms with Crippen molar-refractivity contribution in [2.24, 2.45) is 0 Å². The molecule has 0 bridgehead atoms. The van der Waals surface area contributed by atoms with Gasteiger partial charge >= 0.3 is 6.09 Å². The second-order valence-electron chi connectivity index (χ2n) is 5.26. The Morgan fingerprint density at radius 1 is 1.08 bits per heavy atom. The fourth-order valence-electron chi connectivity index (χ4n) is 2.07. The Bertz CT molecular complexity index is 693. The molecule has 0 aromatic heterocycles. The van der Waals surface area contributed by atoms with Crippen LogP contribution < -0.4 is 10.6 Å². The lowest BCUT2D eigenvalue weighted by atomic mass is 10.2. The zero-order chi connectivity index (χ0) is 18.3. The highest BCUT2D eigenvalue weighted by Gasteiger charge is 2.37. The Labute approximate surface area is 166 Å². The molecule has 1 amide bonds. The van der Waals surface area contributed by atoms with Crippen LogP contribution in [-0.2, 0) is 17.9 Å². The lowest BCUT2D eigenvalue weighted by Crippen LogP contribution is -2.95. The smallest absolute Gasteiger partial charge is 0.412 e. The SMILES string of the molecule is O=C(N[C@@H]([NH2+]Cc1ccccc1)C(Cl)(Cl)Cl)OCc1ccccc1Cl. The van der Waals surface area contributed by atoms with Crippen LogP contribution in [0.3, 0.4) is 0 Å². The van der Waals surface area contributed by atoms with E-state index in [-0.39, 0.29) is 6.61 Å². The topological polar surface area (TPSA) is 54.9 Å². The van der Waals surface area contributed by atoms with Gasteiger partial charge in [0.15, 0.2) is 0 Å². The van der Waals surface area contributed by atoms with Gasteiger partial charge in [-0.15, -0.1) is 0 Å². The Morgan fingerprint density at radius 2 is 1.72 bits per heavy atom. The number of rotatable bonds is 6. The molecule has 0 aliphatic carbocycles. The number of ether oxygens (including phenoxy) is 1. The average Bonchev–Trinajstić information content (AvgIpc) is 2.58. The molecule has 3 N–H and O–H groups in total. The number of hydrogen-bond acceptors (Lipinski definition) is 2. The van der Waals surface area contributed by atoms with Gasteiger partial charge in [0.25, 0.3) is 3.79 Å². The van der Waals surface area contributed by atoms with Crippen molar-refractivity contribution in [1.82, 2.24) is 5.32 Å². The van der Waals surface area contributed by atoms with Crippen LogP contribution in [0.25, 0.3) is 0 Å². The molecular weight excluding hydrogens is 406 g/mol. The summed E-state index contributed by atoms with van der Waals surface area (Å²) in [5, 5.41) is 4.80. The molecule has 0 saturated heterocycles. The Kier molecular flexibility index (Phi) is 7.66. The second kappa shape index (κ2) is 9.51. The third kappa shape index (κ3) is 6.92. The first-order valence-electron chi connectivity index (χ1n) is 7.47. The number of carbonyl (C=O) groups excluding carboxylic acids is 1. The van der Waals surface area contributed by atoms with Crippen LogP contribution in [0, 0.1) is 0 Å². The third-order valence-corrected chi connectivity index (χ3v) is 4.45. The Morgan fingerprint density at radius 3 is 2.36 bits per heavy atom. The molecule has 2 aromatic carbocycles. The second-order valence-corrected chi connectivity index (χ2v) is 8.03. The minimum absolute atomic E-state index is 0.0246. The quantitative estimate of drug-likeness (QED) is 0.545. The lowest BCUT2D eigenvalue weighted by molar-refractivity contribution is -0.707. The van der Waals surface area contributed by atoms with E-state index in [4.69, 9.17) is 51.1 Å². The average molecular weight is 423 g/mol. The van der Waals surface area contributed by atoms with Gasteiger partial charge in [-0.25, -0.2) is 4.79 Å². The number of hydrogen-bond donors (Lipinski definition) is 2. The van der Waals surface area contributed by atoms with Gasteiger partial charge in [-0.1, -0.05) is 94.9 Å².